The van der Waals surface area contributed by atoms with E-state index in [1.165, 1.54) is 6.07 Å². The van der Waals surface area contributed by atoms with E-state index < -0.39 is 22.0 Å². The van der Waals surface area contributed by atoms with Crippen LogP contribution in [0.3, 0.4) is 0 Å². The second-order valence-corrected chi connectivity index (χ2v) is 6.73. The second kappa shape index (κ2) is 5.81. The Morgan fingerprint density at radius 3 is 2.55 bits per heavy atom. The highest BCUT2D eigenvalue weighted by atomic mass is 32.2. The van der Waals surface area contributed by atoms with Gasteiger partial charge in [0.1, 0.15) is 6.07 Å². The molecule has 116 valence electrons. The number of nitriles is 1. The highest BCUT2D eigenvalue weighted by Gasteiger charge is 2.42. The Kier molecular flexibility index (Phi) is 4.24. The van der Waals surface area contributed by atoms with Crippen LogP contribution < -0.4 is 0 Å². The molecule has 0 aromatic heterocycles. The van der Waals surface area contributed by atoms with Crippen LogP contribution in [0.2, 0.25) is 0 Å². The van der Waals surface area contributed by atoms with Gasteiger partial charge in [-0.25, -0.2) is 13.2 Å². The molecule has 0 unspecified atom stereocenters. The predicted molar refractivity (Wildman–Crippen MR) is 79.8 cm³/mol. The third-order valence-electron chi connectivity index (χ3n) is 3.20. The van der Waals surface area contributed by atoms with E-state index in [1.807, 2.05) is 0 Å². The standard InChI is InChI=1S/C15H16N2O4S/c1-4-21-15(18)12(9-16)14-11-7-5-6-8-13(11)22(19,20)17(14)10(2)3/h5-8,10H,4H2,1-3H3/b14-12-. The maximum absolute atomic E-state index is 12.7. The van der Waals surface area contributed by atoms with Gasteiger partial charge in [0.15, 0.2) is 5.57 Å². The van der Waals surface area contributed by atoms with Crippen molar-refractivity contribution in [3.63, 3.8) is 0 Å². The van der Waals surface area contributed by atoms with Crippen LogP contribution in [0.4, 0.5) is 0 Å². The first-order valence-corrected chi connectivity index (χ1v) is 8.25. The molecule has 1 aliphatic rings. The molecule has 1 aromatic rings. The van der Waals surface area contributed by atoms with Gasteiger partial charge in [-0.2, -0.15) is 5.26 Å². The van der Waals surface area contributed by atoms with Gasteiger partial charge in [0.05, 0.1) is 17.2 Å². The van der Waals surface area contributed by atoms with Crippen LogP contribution >= 0.6 is 0 Å². The summed E-state index contributed by atoms with van der Waals surface area (Å²) in [6, 6.07) is 7.67. The second-order valence-electron chi connectivity index (χ2n) is 4.95. The predicted octanol–water partition coefficient (Wildman–Crippen LogP) is 1.90. The third kappa shape index (κ3) is 2.35. The maximum atomic E-state index is 12.7. The van der Waals surface area contributed by atoms with Crippen molar-refractivity contribution in [3.05, 3.63) is 35.4 Å². The molecule has 0 aliphatic carbocycles. The zero-order chi connectivity index (χ0) is 16.5. The summed E-state index contributed by atoms with van der Waals surface area (Å²) in [6.07, 6.45) is 0. The van der Waals surface area contributed by atoms with Crippen LogP contribution in [0.15, 0.2) is 34.7 Å². The van der Waals surface area contributed by atoms with Crippen molar-refractivity contribution in [2.24, 2.45) is 0 Å². The molecular formula is C15H16N2O4S. The van der Waals surface area contributed by atoms with Gasteiger partial charge in [-0.1, -0.05) is 18.2 Å². The molecule has 1 aliphatic heterocycles. The average molecular weight is 320 g/mol. The fraction of sp³-hybridized carbons (Fsp3) is 0.333. The lowest BCUT2D eigenvalue weighted by atomic mass is 10.1. The Morgan fingerprint density at radius 1 is 1.36 bits per heavy atom. The summed E-state index contributed by atoms with van der Waals surface area (Å²) >= 11 is 0. The van der Waals surface area contributed by atoms with E-state index in [0.29, 0.717) is 5.56 Å². The summed E-state index contributed by atoms with van der Waals surface area (Å²) in [5.74, 6) is -0.822. The number of fused-ring (bicyclic) bond motifs is 1. The lowest BCUT2D eigenvalue weighted by molar-refractivity contribution is -0.137. The van der Waals surface area contributed by atoms with Gasteiger partial charge in [-0.05, 0) is 26.8 Å². The molecule has 22 heavy (non-hydrogen) atoms. The smallest absolute Gasteiger partial charge is 0.351 e. The molecule has 0 fully saturated rings. The topological polar surface area (TPSA) is 87.5 Å². The van der Waals surface area contributed by atoms with Crippen molar-refractivity contribution in [1.82, 2.24) is 4.31 Å². The number of sulfonamides is 1. The zero-order valence-electron chi connectivity index (χ0n) is 12.5. The van der Waals surface area contributed by atoms with Crippen LogP contribution in [0.25, 0.3) is 5.70 Å². The van der Waals surface area contributed by atoms with Crippen molar-refractivity contribution in [2.75, 3.05) is 6.61 Å². The van der Waals surface area contributed by atoms with Crippen LogP contribution in [-0.2, 0) is 19.6 Å². The Balaban J connectivity index is 2.83. The van der Waals surface area contributed by atoms with Crippen LogP contribution in [-0.4, -0.2) is 31.3 Å². The highest BCUT2D eigenvalue weighted by molar-refractivity contribution is 7.90. The van der Waals surface area contributed by atoms with E-state index in [1.54, 1.807) is 45.0 Å². The minimum atomic E-state index is -3.78. The van der Waals surface area contributed by atoms with E-state index in [-0.39, 0.29) is 22.8 Å². The third-order valence-corrected chi connectivity index (χ3v) is 5.23. The summed E-state index contributed by atoms with van der Waals surface area (Å²) in [5, 5.41) is 9.35. The van der Waals surface area contributed by atoms with Crippen molar-refractivity contribution in [1.29, 1.82) is 5.26 Å². The number of rotatable bonds is 3. The normalized spacial score (nSPS) is 17.9. The molecule has 0 spiro atoms. The number of benzene rings is 1. The van der Waals surface area contributed by atoms with Gasteiger partial charge in [-0.3, -0.25) is 4.31 Å². The Hall–Kier alpha value is -2.33. The van der Waals surface area contributed by atoms with E-state index in [0.717, 1.165) is 4.31 Å². The lowest BCUT2D eigenvalue weighted by Crippen LogP contribution is -2.32. The van der Waals surface area contributed by atoms with E-state index in [2.05, 4.69) is 0 Å². The van der Waals surface area contributed by atoms with Gasteiger partial charge in [-0.15, -0.1) is 0 Å². The quantitative estimate of drug-likeness (QED) is 0.482. The first-order chi connectivity index (χ1) is 10.4. The fourth-order valence-electron chi connectivity index (χ4n) is 2.41. The van der Waals surface area contributed by atoms with Crippen molar-refractivity contribution < 1.29 is 17.9 Å². The fourth-order valence-corrected chi connectivity index (χ4v) is 4.30. The number of carbonyl (C=O) groups excluding carboxylic acids is 1. The SMILES string of the molecule is CCOC(=O)/C(C#N)=C1/c2ccccc2S(=O)(=O)N1C(C)C. The monoisotopic (exact) mass is 320 g/mol. The minimum Gasteiger partial charge on any atom is -0.462 e. The van der Waals surface area contributed by atoms with Crippen molar-refractivity contribution >= 4 is 21.7 Å². The summed E-state index contributed by atoms with van der Waals surface area (Å²) < 4.78 is 31.3. The number of nitrogens with zero attached hydrogens (tertiary/aromatic N) is 2. The molecule has 7 heteroatoms. The van der Waals surface area contributed by atoms with E-state index >= 15 is 0 Å². The number of hydrogen-bond acceptors (Lipinski definition) is 5. The molecule has 0 N–H and O–H groups in total. The molecule has 0 saturated heterocycles. The van der Waals surface area contributed by atoms with E-state index in [4.69, 9.17) is 4.74 Å². The minimum absolute atomic E-state index is 0.0894. The largest absolute Gasteiger partial charge is 0.462 e. The van der Waals surface area contributed by atoms with Crippen LogP contribution in [0.5, 0.6) is 0 Å². The molecule has 0 atom stereocenters. The molecule has 0 saturated carbocycles. The van der Waals surface area contributed by atoms with Crippen LogP contribution in [0, 0.1) is 11.3 Å². The van der Waals surface area contributed by atoms with Crippen LogP contribution in [0.1, 0.15) is 26.3 Å². The molecule has 2 rings (SSSR count). The highest BCUT2D eigenvalue weighted by Crippen LogP contribution is 2.41. The molecular weight excluding hydrogens is 304 g/mol. The summed E-state index contributed by atoms with van der Waals surface area (Å²) in [4.78, 5) is 12.1. The number of ether oxygens (including phenoxy) is 1. The molecule has 0 amide bonds. The van der Waals surface area contributed by atoms with Gasteiger partial charge < -0.3 is 4.74 Å². The average Bonchev–Trinajstić information content (AvgIpc) is 2.69. The van der Waals surface area contributed by atoms with E-state index in [9.17, 15) is 18.5 Å². The number of hydrogen-bond donors (Lipinski definition) is 0. The first kappa shape index (κ1) is 16.0. The van der Waals surface area contributed by atoms with Crippen molar-refractivity contribution in [3.8, 4) is 6.07 Å². The zero-order valence-corrected chi connectivity index (χ0v) is 13.3. The van der Waals surface area contributed by atoms with Gasteiger partial charge in [0.25, 0.3) is 10.0 Å². The molecule has 0 radical (unpaired) electrons. The van der Waals surface area contributed by atoms with Gasteiger partial charge in [0, 0.05) is 11.6 Å². The first-order valence-electron chi connectivity index (χ1n) is 6.81. The summed E-state index contributed by atoms with van der Waals surface area (Å²) in [6.45, 7) is 5.09. The molecule has 1 heterocycles. The molecule has 6 nitrogen and oxygen atoms in total. The Labute approximate surface area is 129 Å². The summed E-state index contributed by atoms with van der Waals surface area (Å²) in [7, 11) is -3.78. The number of carbonyl (C=O) groups is 1. The Bertz CT molecular complexity index is 788. The number of esters is 1. The van der Waals surface area contributed by atoms with Crippen molar-refractivity contribution in [2.45, 2.75) is 31.7 Å². The van der Waals surface area contributed by atoms with Gasteiger partial charge in [0.2, 0.25) is 0 Å². The Morgan fingerprint density at radius 2 is 2.00 bits per heavy atom. The maximum Gasteiger partial charge on any atom is 0.351 e. The molecule has 1 aromatic carbocycles. The summed E-state index contributed by atoms with van der Waals surface area (Å²) in [5.41, 5.74) is 0.136. The lowest BCUT2D eigenvalue weighted by Gasteiger charge is -2.24. The van der Waals surface area contributed by atoms with Gasteiger partial charge >= 0.3 is 5.97 Å². The molecule has 0 bridgehead atoms.